The van der Waals surface area contributed by atoms with Crippen LogP contribution in [0.3, 0.4) is 0 Å². The number of anilines is 2. The van der Waals surface area contributed by atoms with Crippen LogP contribution in [0.15, 0.2) is 54.6 Å². The van der Waals surface area contributed by atoms with E-state index in [4.69, 9.17) is 10.5 Å². The van der Waals surface area contributed by atoms with Crippen molar-refractivity contribution in [3.63, 3.8) is 0 Å². The molecular weight excluding hydrogens is 448 g/mol. The topological polar surface area (TPSA) is 77.2 Å². The molecule has 132 valence electrons. The monoisotopic (exact) mass is 463 g/mol. The molecule has 0 spiro atoms. The Morgan fingerprint density at radius 3 is 2.31 bits per heavy atom. The zero-order valence-electron chi connectivity index (χ0n) is 13.8. The molecule has 0 radical (unpaired) electrons. The first-order valence-corrected chi connectivity index (χ1v) is 8.78. The lowest BCUT2D eigenvalue weighted by molar-refractivity contribution is 0.102. The highest BCUT2D eigenvalue weighted by molar-refractivity contribution is 14.1. The van der Waals surface area contributed by atoms with E-state index in [9.17, 15) is 9.18 Å². The van der Waals surface area contributed by atoms with E-state index < -0.39 is 11.9 Å². The third-order valence-corrected chi connectivity index (χ3v) is 4.31. The normalized spacial score (nSPS) is 10.4. The predicted octanol–water partition coefficient (Wildman–Crippen LogP) is 4.76. The zero-order chi connectivity index (χ0) is 18.7. The van der Waals surface area contributed by atoms with Crippen LogP contribution in [0.25, 0.3) is 0 Å². The van der Waals surface area contributed by atoms with Crippen molar-refractivity contribution in [3.05, 3.63) is 75.2 Å². The number of nitrogens with one attached hydrogen (secondary N) is 1. The molecule has 3 aromatic rings. The number of benzene rings is 2. The molecule has 0 atom stereocenters. The van der Waals surface area contributed by atoms with Gasteiger partial charge in [0.2, 0.25) is 5.95 Å². The molecule has 0 fully saturated rings. The van der Waals surface area contributed by atoms with Gasteiger partial charge in [0.05, 0.1) is 5.56 Å². The SMILES string of the molecule is Cc1cc(C(=O)Nc2ccc(Oc3ccc(I)cc3)cc2)c(N)nc1F. The van der Waals surface area contributed by atoms with Crippen LogP contribution in [0, 0.1) is 16.4 Å². The average molecular weight is 463 g/mol. The van der Waals surface area contributed by atoms with E-state index in [-0.39, 0.29) is 16.9 Å². The molecule has 26 heavy (non-hydrogen) atoms. The first kappa shape index (κ1) is 18.1. The second-order valence-corrected chi connectivity index (χ2v) is 6.81. The summed E-state index contributed by atoms with van der Waals surface area (Å²) in [4.78, 5) is 15.9. The lowest BCUT2D eigenvalue weighted by atomic mass is 10.1. The minimum atomic E-state index is -0.684. The number of rotatable bonds is 4. The zero-order valence-corrected chi connectivity index (χ0v) is 16.0. The summed E-state index contributed by atoms with van der Waals surface area (Å²) in [5.41, 5.74) is 6.58. The van der Waals surface area contributed by atoms with Crippen LogP contribution < -0.4 is 15.8 Å². The second kappa shape index (κ2) is 7.69. The van der Waals surface area contributed by atoms with E-state index in [1.165, 1.54) is 13.0 Å². The summed E-state index contributed by atoms with van der Waals surface area (Å²) in [5, 5.41) is 2.71. The Kier molecular flexibility index (Phi) is 5.36. The molecule has 0 bridgehead atoms. The number of pyridine rings is 1. The Labute approximate surface area is 163 Å². The van der Waals surface area contributed by atoms with Crippen molar-refractivity contribution in [3.8, 4) is 11.5 Å². The molecule has 0 saturated heterocycles. The highest BCUT2D eigenvalue weighted by atomic mass is 127. The van der Waals surface area contributed by atoms with Crippen LogP contribution in [0.4, 0.5) is 15.9 Å². The first-order chi connectivity index (χ1) is 12.4. The standard InChI is InChI=1S/C19H15FIN3O2/c1-11-10-16(18(22)24-17(11)20)19(25)23-13-4-8-15(9-5-13)26-14-6-2-12(21)3-7-14/h2-10H,1H3,(H2,22,24)(H,23,25). The lowest BCUT2D eigenvalue weighted by Crippen LogP contribution is -2.16. The van der Waals surface area contributed by atoms with Gasteiger partial charge in [-0.05, 0) is 84.1 Å². The molecule has 2 aromatic carbocycles. The summed E-state index contributed by atoms with van der Waals surface area (Å²) in [6.07, 6.45) is 0. The quantitative estimate of drug-likeness (QED) is 0.432. The minimum absolute atomic E-state index is 0.128. The fourth-order valence-electron chi connectivity index (χ4n) is 2.23. The molecule has 0 unspecified atom stereocenters. The summed E-state index contributed by atoms with van der Waals surface area (Å²) < 4.78 is 20.2. The van der Waals surface area contributed by atoms with Gasteiger partial charge in [0.25, 0.3) is 5.91 Å². The second-order valence-electron chi connectivity index (χ2n) is 5.56. The Hall–Kier alpha value is -2.68. The molecular formula is C19H15FIN3O2. The first-order valence-electron chi connectivity index (χ1n) is 7.70. The number of aryl methyl sites for hydroxylation is 1. The Morgan fingerprint density at radius 1 is 1.12 bits per heavy atom. The van der Waals surface area contributed by atoms with Crippen LogP contribution in [0.1, 0.15) is 15.9 Å². The lowest BCUT2D eigenvalue weighted by Gasteiger charge is -2.10. The van der Waals surface area contributed by atoms with E-state index >= 15 is 0 Å². The maximum atomic E-state index is 13.4. The highest BCUT2D eigenvalue weighted by Gasteiger charge is 2.14. The Balaban J connectivity index is 1.70. The smallest absolute Gasteiger partial charge is 0.259 e. The van der Waals surface area contributed by atoms with Crippen molar-refractivity contribution in [2.24, 2.45) is 0 Å². The summed E-state index contributed by atoms with van der Waals surface area (Å²) in [6, 6.07) is 15.9. The fourth-order valence-corrected chi connectivity index (χ4v) is 2.59. The van der Waals surface area contributed by atoms with Crippen molar-refractivity contribution in [2.45, 2.75) is 6.92 Å². The Bertz CT molecular complexity index is 944. The molecule has 3 N–H and O–H groups in total. The number of hydrogen-bond acceptors (Lipinski definition) is 4. The van der Waals surface area contributed by atoms with E-state index in [0.717, 1.165) is 9.32 Å². The molecule has 0 aliphatic heterocycles. The number of nitrogens with zero attached hydrogens (tertiary/aromatic N) is 1. The van der Waals surface area contributed by atoms with Gasteiger partial charge >= 0.3 is 0 Å². The van der Waals surface area contributed by atoms with Crippen molar-refractivity contribution in [1.82, 2.24) is 4.98 Å². The molecule has 1 aromatic heterocycles. The third kappa shape index (κ3) is 4.29. The van der Waals surface area contributed by atoms with E-state index in [1.54, 1.807) is 24.3 Å². The largest absolute Gasteiger partial charge is 0.457 e. The number of carbonyl (C=O) groups is 1. The van der Waals surface area contributed by atoms with Gasteiger partial charge < -0.3 is 15.8 Å². The van der Waals surface area contributed by atoms with Gasteiger partial charge in [-0.15, -0.1) is 0 Å². The summed E-state index contributed by atoms with van der Waals surface area (Å²) in [5.74, 6) is 0.0793. The number of carbonyl (C=O) groups excluding carboxylic acids is 1. The van der Waals surface area contributed by atoms with Crippen molar-refractivity contribution in [1.29, 1.82) is 0 Å². The number of hydrogen-bond donors (Lipinski definition) is 2. The van der Waals surface area contributed by atoms with E-state index in [1.807, 2.05) is 24.3 Å². The van der Waals surface area contributed by atoms with Crippen LogP contribution in [0.2, 0.25) is 0 Å². The molecule has 0 saturated carbocycles. The molecule has 0 aliphatic rings. The highest BCUT2D eigenvalue weighted by Crippen LogP contribution is 2.24. The van der Waals surface area contributed by atoms with Crippen LogP contribution in [0.5, 0.6) is 11.5 Å². The van der Waals surface area contributed by atoms with Crippen molar-refractivity contribution < 1.29 is 13.9 Å². The van der Waals surface area contributed by atoms with Gasteiger partial charge in [0.15, 0.2) is 0 Å². The number of ether oxygens (including phenoxy) is 1. The minimum Gasteiger partial charge on any atom is -0.457 e. The average Bonchev–Trinajstić information content (AvgIpc) is 2.61. The van der Waals surface area contributed by atoms with Gasteiger partial charge in [-0.2, -0.15) is 4.39 Å². The van der Waals surface area contributed by atoms with Gasteiger partial charge in [-0.3, -0.25) is 4.79 Å². The summed E-state index contributed by atoms with van der Waals surface area (Å²) >= 11 is 2.22. The number of halogens is 2. The van der Waals surface area contributed by atoms with Gasteiger partial charge in [-0.1, -0.05) is 0 Å². The molecule has 5 nitrogen and oxygen atoms in total. The molecule has 0 aliphatic carbocycles. The van der Waals surface area contributed by atoms with Gasteiger partial charge in [0.1, 0.15) is 17.3 Å². The summed E-state index contributed by atoms with van der Waals surface area (Å²) in [7, 11) is 0. The van der Waals surface area contributed by atoms with Crippen LogP contribution in [-0.2, 0) is 0 Å². The maximum absolute atomic E-state index is 13.4. The molecule has 1 amide bonds. The number of amides is 1. The van der Waals surface area contributed by atoms with Gasteiger partial charge in [-0.25, -0.2) is 4.98 Å². The number of nitrogen functional groups attached to an aromatic ring is 1. The third-order valence-electron chi connectivity index (χ3n) is 3.59. The predicted molar refractivity (Wildman–Crippen MR) is 107 cm³/mol. The van der Waals surface area contributed by atoms with Crippen molar-refractivity contribution in [2.75, 3.05) is 11.1 Å². The molecule has 1 heterocycles. The molecule has 3 rings (SSSR count). The van der Waals surface area contributed by atoms with E-state index in [2.05, 4.69) is 32.9 Å². The molecule has 7 heteroatoms. The Morgan fingerprint density at radius 2 is 1.69 bits per heavy atom. The fraction of sp³-hybridized carbons (Fsp3) is 0.0526. The van der Waals surface area contributed by atoms with Crippen LogP contribution >= 0.6 is 22.6 Å². The van der Waals surface area contributed by atoms with Gasteiger partial charge in [0, 0.05) is 14.8 Å². The van der Waals surface area contributed by atoms with Crippen LogP contribution in [-0.4, -0.2) is 10.9 Å². The number of nitrogens with two attached hydrogens (primary N) is 1. The van der Waals surface area contributed by atoms with Crippen molar-refractivity contribution >= 4 is 40.0 Å². The maximum Gasteiger partial charge on any atom is 0.259 e. The number of aromatic nitrogens is 1. The van der Waals surface area contributed by atoms with E-state index in [0.29, 0.717) is 11.4 Å². The summed E-state index contributed by atoms with van der Waals surface area (Å²) in [6.45, 7) is 1.52.